The van der Waals surface area contributed by atoms with E-state index >= 15 is 0 Å². The molecule has 3 nitrogen and oxygen atoms in total. The second kappa shape index (κ2) is 7.58. The molecule has 0 aliphatic rings. The summed E-state index contributed by atoms with van der Waals surface area (Å²) < 4.78 is 5.33. The zero-order chi connectivity index (χ0) is 17.6. The predicted molar refractivity (Wildman–Crippen MR) is 96.6 cm³/mol. The van der Waals surface area contributed by atoms with Gasteiger partial charge < -0.3 is 4.74 Å². The fourth-order valence-corrected chi connectivity index (χ4v) is 2.55. The Balaban J connectivity index is 1.65. The molecule has 3 heteroatoms. The summed E-state index contributed by atoms with van der Waals surface area (Å²) in [6, 6.07) is 23.4. The first kappa shape index (κ1) is 16.7. The molecule has 0 radical (unpaired) electrons. The van der Waals surface area contributed by atoms with Crippen molar-refractivity contribution in [3.63, 3.8) is 0 Å². The highest BCUT2D eigenvalue weighted by Crippen LogP contribution is 2.13. The van der Waals surface area contributed by atoms with Crippen molar-refractivity contribution in [2.24, 2.45) is 0 Å². The quantitative estimate of drug-likeness (QED) is 0.508. The van der Waals surface area contributed by atoms with Gasteiger partial charge in [-0.05, 0) is 24.6 Å². The minimum Gasteiger partial charge on any atom is -0.457 e. The maximum atomic E-state index is 12.4. The highest BCUT2D eigenvalue weighted by molar-refractivity contribution is 6.09. The molecule has 3 aromatic carbocycles. The number of hydrogen-bond donors (Lipinski definition) is 0. The topological polar surface area (TPSA) is 43.4 Å². The van der Waals surface area contributed by atoms with E-state index < -0.39 is 5.97 Å². The molecule has 3 aromatic rings. The van der Waals surface area contributed by atoms with Gasteiger partial charge in [0.1, 0.15) is 6.61 Å². The number of ether oxygens (including phenoxy) is 1. The molecule has 0 spiro atoms. The highest BCUT2D eigenvalue weighted by Gasteiger charge is 2.11. The van der Waals surface area contributed by atoms with Crippen LogP contribution in [-0.4, -0.2) is 11.8 Å². The lowest BCUT2D eigenvalue weighted by Crippen LogP contribution is -2.06. The molecule has 0 fully saturated rings. The van der Waals surface area contributed by atoms with Gasteiger partial charge in [0.2, 0.25) is 0 Å². The molecule has 124 valence electrons. The minimum atomic E-state index is -0.403. The van der Waals surface area contributed by atoms with E-state index in [1.165, 1.54) is 0 Å². The Morgan fingerprint density at radius 2 is 1.40 bits per heavy atom. The van der Waals surface area contributed by atoms with Crippen molar-refractivity contribution in [3.05, 3.63) is 107 Å². The molecule has 0 saturated carbocycles. The third-order valence-corrected chi connectivity index (χ3v) is 3.87. The summed E-state index contributed by atoms with van der Waals surface area (Å²) in [5.41, 5.74) is 3.66. The molecule has 0 amide bonds. The van der Waals surface area contributed by atoms with Crippen molar-refractivity contribution in [1.82, 2.24) is 0 Å². The maximum Gasteiger partial charge on any atom is 0.338 e. The standard InChI is InChI=1S/C22H18O3/c1-16-6-5-7-17(14-16)15-25-22(24)20-12-10-19(11-13-20)21(23)18-8-3-2-4-9-18/h2-14H,15H2,1H3. The molecule has 0 unspecified atom stereocenters. The summed E-state index contributed by atoms with van der Waals surface area (Å²) >= 11 is 0. The van der Waals surface area contributed by atoms with Crippen LogP contribution in [0.3, 0.4) is 0 Å². The Morgan fingerprint density at radius 3 is 2.08 bits per heavy atom. The molecule has 0 atom stereocenters. The van der Waals surface area contributed by atoms with Gasteiger partial charge in [-0.1, -0.05) is 72.3 Å². The van der Waals surface area contributed by atoms with Crippen molar-refractivity contribution in [2.75, 3.05) is 0 Å². The lowest BCUT2D eigenvalue weighted by Gasteiger charge is -2.07. The third kappa shape index (κ3) is 4.21. The van der Waals surface area contributed by atoms with E-state index in [1.54, 1.807) is 36.4 Å². The van der Waals surface area contributed by atoms with Crippen LogP contribution in [-0.2, 0) is 11.3 Å². The van der Waals surface area contributed by atoms with Crippen molar-refractivity contribution in [1.29, 1.82) is 0 Å². The first-order valence-corrected chi connectivity index (χ1v) is 8.06. The average molecular weight is 330 g/mol. The monoisotopic (exact) mass is 330 g/mol. The van der Waals surface area contributed by atoms with E-state index in [4.69, 9.17) is 4.74 Å². The molecule has 0 aliphatic carbocycles. The van der Waals surface area contributed by atoms with Crippen molar-refractivity contribution in [2.45, 2.75) is 13.5 Å². The molecule has 0 aromatic heterocycles. The average Bonchev–Trinajstić information content (AvgIpc) is 2.66. The van der Waals surface area contributed by atoms with Gasteiger partial charge in [-0.3, -0.25) is 4.79 Å². The molecule has 0 heterocycles. The first-order valence-electron chi connectivity index (χ1n) is 8.06. The van der Waals surface area contributed by atoms with Crippen LogP contribution >= 0.6 is 0 Å². The third-order valence-electron chi connectivity index (χ3n) is 3.87. The number of hydrogen-bond acceptors (Lipinski definition) is 3. The summed E-state index contributed by atoms with van der Waals surface area (Å²) in [6.45, 7) is 2.22. The minimum absolute atomic E-state index is 0.0692. The summed E-state index contributed by atoms with van der Waals surface area (Å²) in [7, 11) is 0. The Hall–Kier alpha value is -3.20. The predicted octanol–water partition coefficient (Wildman–Crippen LogP) is 4.58. The lowest BCUT2D eigenvalue weighted by atomic mass is 10.0. The number of carbonyl (C=O) groups excluding carboxylic acids is 2. The van der Waals surface area contributed by atoms with Gasteiger partial charge in [0.15, 0.2) is 5.78 Å². The SMILES string of the molecule is Cc1cccc(COC(=O)c2ccc(C(=O)c3ccccc3)cc2)c1. The largest absolute Gasteiger partial charge is 0.457 e. The van der Waals surface area contributed by atoms with Crippen LogP contribution < -0.4 is 0 Å². The molecular formula is C22H18O3. The summed E-state index contributed by atoms with van der Waals surface area (Å²) in [5.74, 6) is -0.472. The Labute approximate surface area is 146 Å². The lowest BCUT2D eigenvalue weighted by molar-refractivity contribution is 0.0472. The molecule has 0 saturated heterocycles. The highest BCUT2D eigenvalue weighted by atomic mass is 16.5. The van der Waals surface area contributed by atoms with E-state index in [-0.39, 0.29) is 12.4 Å². The molecule has 0 N–H and O–H groups in total. The van der Waals surface area contributed by atoms with Crippen molar-refractivity contribution >= 4 is 11.8 Å². The zero-order valence-corrected chi connectivity index (χ0v) is 13.9. The van der Waals surface area contributed by atoms with Gasteiger partial charge in [0.05, 0.1) is 5.56 Å². The summed E-state index contributed by atoms with van der Waals surface area (Å²) in [5, 5.41) is 0. The van der Waals surface area contributed by atoms with Gasteiger partial charge in [0, 0.05) is 11.1 Å². The van der Waals surface area contributed by atoms with Gasteiger partial charge in [-0.2, -0.15) is 0 Å². The molecule has 0 aliphatic heterocycles. The van der Waals surface area contributed by atoms with E-state index in [1.807, 2.05) is 49.4 Å². The van der Waals surface area contributed by atoms with Crippen molar-refractivity contribution < 1.29 is 14.3 Å². The maximum absolute atomic E-state index is 12.4. The van der Waals surface area contributed by atoms with Crippen LogP contribution in [0.5, 0.6) is 0 Å². The molecule has 0 bridgehead atoms. The number of benzene rings is 3. The second-order valence-electron chi connectivity index (χ2n) is 5.84. The number of ketones is 1. The number of esters is 1. The van der Waals surface area contributed by atoms with E-state index in [0.29, 0.717) is 16.7 Å². The smallest absolute Gasteiger partial charge is 0.338 e. The van der Waals surface area contributed by atoms with E-state index in [2.05, 4.69) is 0 Å². The van der Waals surface area contributed by atoms with Crippen LogP contribution in [0.1, 0.15) is 37.4 Å². The van der Waals surface area contributed by atoms with Crippen LogP contribution in [0.4, 0.5) is 0 Å². The van der Waals surface area contributed by atoms with Crippen LogP contribution in [0.2, 0.25) is 0 Å². The van der Waals surface area contributed by atoms with Crippen LogP contribution in [0, 0.1) is 6.92 Å². The summed E-state index contributed by atoms with van der Waals surface area (Å²) in [4.78, 5) is 24.5. The fourth-order valence-electron chi connectivity index (χ4n) is 2.55. The number of aryl methyl sites for hydroxylation is 1. The van der Waals surface area contributed by atoms with Crippen molar-refractivity contribution in [3.8, 4) is 0 Å². The Bertz CT molecular complexity index is 881. The van der Waals surface area contributed by atoms with E-state index in [9.17, 15) is 9.59 Å². The summed E-state index contributed by atoms with van der Waals surface area (Å²) in [6.07, 6.45) is 0. The second-order valence-corrected chi connectivity index (χ2v) is 5.84. The normalized spacial score (nSPS) is 10.3. The van der Waals surface area contributed by atoms with Gasteiger partial charge in [0.25, 0.3) is 0 Å². The number of carbonyl (C=O) groups is 2. The Kier molecular flexibility index (Phi) is 5.05. The molecular weight excluding hydrogens is 312 g/mol. The first-order chi connectivity index (χ1) is 12.1. The van der Waals surface area contributed by atoms with Crippen LogP contribution in [0.25, 0.3) is 0 Å². The number of rotatable bonds is 5. The zero-order valence-electron chi connectivity index (χ0n) is 13.9. The fraction of sp³-hybridized carbons (Fsp3) is 0.0909. The van der Waals surface area contributed by atoms with Gasteiger partial charge in [-0.25, -0.2) is 4.79 Å². The molecule has 3 rings (SSSR count). The van der Waals surface area contributed by atoms with E-state index in [0.717, 1.165) is 11.1 Å². The molecule has 25 heavy (non-hydrogen) atoms. The van der Waals surface area contributed by atoms with Gasteiger partial charge in [-0.15, -0.1) is 0 Å². The Morgan fingerprint density at radius 1 is 0.760 bits per heavy atom. The van der Waals surface area contributed by atoms with Crippen LogP contribution in [0.15, 0.2) is 78.9 Å². The van der Waals surface area contributed by atoms with Gasteiger partial charge >= 0.3 is 5.97 Å².